The van der Waals surface area contributed by atoms with Gasteiger partial charge in [-0.2, -0.15) is 0 Å². The minimum Gasteiger partial charge on any atom is -0.385 e. The van der Waals surface area contributed by atoms with Gasteiger partial charge in [0.2, 0.25) is 5.91 Å². The molecule has 1 amide bonds. The first-order valence-electron chi connectivity index (χ1n) is 4.12. The van der Waals surface area contributed by atoms with Gasteiger partial charge in [-0.25, -0.2) is 0 Å². The topological polar surface area (TPSA) is 64.3 Å². The summed E-state index contributed by atoms with van der Waals surface area (Å²) in [6.07, 6.45) is 0.814. The van der Waals surface area contributed by atoms with Gasteiger partial charge in [-0.15, -0.1) is 0 Å². The van der Waals surface area contributed by atoms with Crippen LogP contribution in [0.25, 0.3) is 0 Å². The molecule has 0 radical (unpaired) electrons. The van der Waals surface area contributed by atoms with E-state index < -0.39 is 6.04 Å². The molecule has 0 aromatic rings. The number of nitrogens with two attached hydrogens (primary N) is 1. The van der Waals surface area contributed by atoms with Crippen LogP contribution in [0, 0.1) is 0 Å². The summed E-state index contributed by atoms with van der Waals surface area (Å²) in [5.41, 5.74) is 5.37. The fourth-order valence-corrected chi connectivity index (χ4v) is 0.741. The Kier molecular flexibility index (Phi) is 5.66. The highest BCUT2D eigenvalue weighted by molar-refractivity contribution is 5.81. The Morgan fingerprint density at radius 2 is 2.17 bits per heavy atom. The van der Waals surface area contributed by atoms with Gasteiger partial charge in [0, 0.05) is 19.8 Å². The Morgan fingerprint density at radius 1 is 1.58 bits per heavy atom. The molecule has 0 heterocycles. The van der Waals surface area contributed by atoms with Gasteiger partial charge < -0.3 is 15.8 Å². The third-order valence-corrected chi connectivity index (χ3v) is 1.56. The first-order valence-corrected chi connectivity index (χ1v) is 4.12. The highest BCUT2D eigenvalue weighted by Crippen LogP contribution is 1.91. The second-order valence-corrected chi connectivity index (χ2v) is 2.98. The van der Waals surface area contributed by atoms with Gasteiger partial charge >= 0.3 is 0 Å². The molecule has 0 aliphatic rings. The number of hydrogen-bond acceptors (Lipinski definition) is 3. The summed E-state index contributed by atoms with van der Waals surface area (Å²) >= 11 is 0. The van der Waals surface area contributed by atoms with E-state index in [-0.39, 0.29) is 11.9 Å². The van der Waals surface area contributed by atoms with E-state index in [2.05, 4.69) is 5.32 Å². The standard InChI is InChI=1S/C8H18N2O2/c1-6(4-5-12-3)10-8(11)7(2)9/h6-7H,4-5,9H2,1-3H3,(H,10,11)/t6?,7-/m1/s1. The molecule has 4 nitrogen and oxygen atoms in total. The summed E-state index contributed by atoms with van der Waals surface area (Å²) in [7, 11) is 1.64. The number of ether oxygens (including phenoxy) is 1. The number of carbonyl (C=O) groups is 1. The minimum atomic E-state index is -0.435. The minimum absolute atomic E-state index is 0.112. The van der Waals surface area contributed by atoms with Crippen LogP contribution in [-0.2, 0) is 9.53 Å². The summed E-state index contributed by atoms with van der Waals surface area (Å²) in [4.78, 5) is 11.0. The SMILES string of the molecule is COCCC(C)NC(=O)[C@@H](C)N. The summed E-state index contributed by atoms with van der Waals surface area (Å²) in [5.74, 6) is -0.112. The fourth-order valence-electron chi connectivity index (χ4n) is 0.741. The van der Waals surface area contributed by atoms with E-state index in [0.717, 1.165) is 6.42 Å². The quantitative estimate of drug-likeness (QED) is 0.610. The molecule has 0 aliphatic carbocycles. The van der Waals surface area contributed by atoms with E-state index in [1.807, 2.05) is 6.92 Å². The molecule has 0 rings (SSSR count). The average Bonchev–Trinajstić information content (AvgIpc) is 2.00. The number of nitrogens with one attached hydrogen (secondary N) is 1. The van der Waals surface area contributed by atoms with E-state index in [9.17, 15) is 4.79 Å². The third-order valence-electron chi connectivity index (χ3n) is 1.56. The molecule has 0 aromatic heterocycles. The molecule has 4 heteroatoms. The van der Waals surface area contributed by atoms with E-state index in [0.29, 0.717) is 6.61 Å². The van der Waals surface area contributed by atoms with Crippen molar-refractivity contribution < 1.29 is 9.53 Å². The molecule has 2 atom stereocenters. The van der Waals surface area contributed by atoms with Crippen molar-refractivity contribution in [3.8, 4) is 0 Å². The van der Waals surface area contributed by atoms with Crippen molar-refractivity contribution in [3.63, 3.8) is 0 Å². The van der Waals surface area contributed by atoms with Crippen LogP contribution in [-0.4, -0.2) is 31.7 Å². The molecule has 0 saturated carbocycles. The molecule has 0 aromatic carbocycles. The van der Waals surface area contributed by atoms with Crippen LogP contribution >= 0.6 is 0 Å². The molecule has 3 N–H and O–H groups in total. The van der Waals surface area contributed by atoms with Crippen LogP contribution in [0.5, 0.6) is 0 Å². The van der Waals surface area contributed by atoms with Crippen molar-refractivity contribution in [3.05, 3.63) is 0 Å². The van der Waals surface area contributed by atoms with Gasteiger partial charge in [0.1, 0.15) is 0 Å². The molecule has 12 heavy (non-hydrogen) atoms. The van der Waals surface area contributed by atoms with Crippen LogP contribution in [0.2, 0.25) is 0 Å². The zero-order valence-electron chi connectivity index (χ0n) is 7.96. The molecule has 1 unspecified atom stereocenters. The first-order chi connectivity index (χ1) is 5.57. The van der Waals surface area contributed by atoms with Gasteiger partial charge in [0.15, 0.2) is 0 Å². The van der Waals surface area contributed by atoms with E-state index >= 15 is 0 Å². The van der Waals surface area contributed by atoms with Crippen LogP contribution < -0.4 is 11.1 Å². The van der Waals surface area contributed by atoms with Gasteiger partial charge in [-0.1, -0.05) is 0 Å². The number of hydrogen-bond donors (Lipinski definition) is 2. The number of amides is 1. The summed E-state index contributed by atoms with van der Waals surface area (Å²) in [6.45, 7) is 4.25. The molecule has 0 spiro atoms. The zero-order valence-corrected chi connectivity index (χ0v) is 7.96. The van der Waals surface area contributed by atoms with Crippen LogP contribution in [0.3, 0.4) is 0 Å². The highest BCUT2D eigenvalue weighted by atomic mass is 16.5. The Labute approximate surface area is 73.5 Å². The predicted octanol–water partition coefficient (Wildman–Crippen LogP) is -0.125. The van der Waals surface area contributed by atoms with Gasteiger partial charge in [-0.3, -0.25) is 4.79 Å². The average molecular weight is 174 g/mol. The maximum absolute atomic E-state index is 11.0. The molecule has 0 saturated heterocycles. The molecule has 0 aliphatic heterocycles. The number of methoxy groups -OCH3 is 1. The fraction of sp³-hybridized carbons (Fsp3) is 0.875. The Morgan fingerprint density at radius 3 is 2.58 bits per heavy atom. The second-order valence-electron chi connectivity index (χ2n) is 2.98. The Hall–Kier alpha value is -0.610. The smallest absolute Gasteiger partial charge is 0.236 e. The molecule has 0 bridgehead atoms. The predicted molar refractivity (Wildman–Crippen MR) is 47.7 cm³/mol. The van der Waals surface area contributed by atoms with Crippen LogP contribution in [0.1, 0.15) is 20.3 Å². The molecule has 0 fully saturated rings. The normalized spacial score (nSPS) is 15.3. The number of rotatable bonds is 5. The summed E-state index contributed by atoms with van der Waals surface area (Å²) in [6, 6.07) is -0.307. The van der Waals surface area contributed by atoms with Crippen molar-refractivity contribution in [1.82, 2.24) is 5.32 Å². The summed E-state index contributed by atoms with van der Waals surface area (Å²) in [5, 5.41) is 2.77. The third kappa shape index (κ3) is 5.09. The first kappa shape index (κ1) is 11.4. The largest absolute Gasteiger partial charge is 0.385 e. The summed E-state index contributed by atoms with van der Waals surface area (Å²) < 4.78 is 4.87. The highest BCUT2D eigenvalue weighted by Gasteiger charge is 2.10. The lowest BCUT2D eigenvalue weighted by molar-refractivity contribution is -0.122. The van der Waals surface area contributed by atoms with Crippen molar-refractivity contribution in [2.24, 2.45) is 5.73 Å². The molecular weight excluding hydrogens is 156 g/mol. The lowest BCUT2D eigenvalue weighted by Crippen LogP contribution is -2.43. The maximum atomic E-state index is 11.0. The van der Waals surface area contributed by atoms with Crippen LogP contribution in [0.15, 0.2) is 0 Å². The van der Waals surface area contributed by atoms with Crippen LogP contribution in [0.4, 0.5) is 0 Å². The van der Waals surface area contributed by atoms with Crippen molar-refractivity contribution in [2.75, 3.05) is 13.7 Å². The van der Waals surface area contributed by atoms with Crippen molar-refractivity contribution in [2.45, 2.75) is 32.4 Å². The molecule has 72 valence electrons. The van der Waals surface area contributed by atoms with Gasteiger partial charge in [0.25, 0.3) is 0 Å². The monoisotopic (exact) mass is 174 g/mol. The second kappa shape index (κ2) is 5.97. The van der Waals surface area contributed by atoms with Gasteiger partial charge in [0.05, 0.1) is 6.04 Å². The lowest BCUT2D eigenvalue weighted by Gasteiger charge is -2.14. The Bertz CT molecular complexity index is 137. The Balaban J connectivity index is 3.54. The molecular formula is C8H18N2O2. The van der Waals surface area contributed by atoms with Crippen molar-refractivity contribution in [1.29, 1.82) is 0 Å². The van der Waals surface area contributed by atoms with E-state index in [4.69, 9.17) is 10.5 Å². The van der Waals surface area contributed by atoms with E-state index in [1.54, 1.807) is 14.0 Å². The maximum Gasteiger partial charge on any atom is 0.236 e. The van der Waals surface area contributed by atoms with E-state index in [1.165, 1.54) is 0 Å². The number of carbonyl (C=O) groups excluding carboxylic acids is 1. The van der Waals surface area contributed by atoms with Gasteiger partial charge in [-0.05, 0) is 20.3 Å². The lowest BCUT2D eigenvalue weighted by atomic mass is 10.2. The zero-order chi connectivity index (χ0) is 9.56. The van der Waals surface area contributed by atoms with Crippen molar-refractivity contribution >= 4 is 5.91 Å².